The fourth-order valence-electron chi connectivity index (χ4n) is 3.19. The second-order valence-corrected chi connectivity index (χ2v) is 9.37. The van der Waals surface area contributed by atoms with Gasteiger partial charge in [-0.2, -0.15) is 0 Å². The fourth-order valence-corrected chi connectivity index (χ4v) is 4.61. The summed E-state index contributed by atoms with van der Waals surface area (Å²) >= 11 is 0. The summed E-state index contributed by atoms with van der Waals surface area (Å²) in [5.74, 6) is -0.703. The van der Waals surface area contributed by atoms with Crippen molar-refractivity contribution < 1.29 is 13.8 Å². The number of carbonyl (C=O) groups excluding carboxylic acids is 2. The monoisotopic (exact) mass is 384 g/mol. The molecule has 6 heteroatoms. The molecule has 2 N–H and O–H groups in total. The number of nitrogens with one attached hydrogen (secondary N) is 2. The van der Waals surface area contributed by atoms with E-state index in [1.54, 1.807) is 24.3 Å². The average molecular weight is 385 g/mol. The molecule has 0 aromatic heterocycles. The normalized spacial score (nSPS) is 19.2. The van der Waals surface area contributed by atoms with Gasteiger partial charge in [0.15, 0.2) is 0 Å². The van der Waals surface area contributed by atoms with Crippen molar-refractivity contribution in [1.82, 2.24) is 0 Å². The van der Waals surface area contributed by atoms with Crippen molar-refractivity contribution in [3.63, 3.8) is 0 Å². The van der Waals surface area contributed by atoms with E-state index in [4.69, 9.17) is 0 Å². The zero-order chi connectivity index (χ0) is 19.8. The Bertz CT molecular complexity index is 931. The molecule has 142 valence electrons. The van der Waals surface area contributed by atoms with Crippen LogP contribution in [-0.4, -0.2) is 21.3 Å². The zero-order valence-corrected chi connectivity index (χ0v) is 16.8. The van der Waals surface area contributed by atoms with Crippen LogP contribution in [0, 0.1) is 6.92 Å². The number of carbonyl (C=O) groups is 2. The van der Waals surface area contributed by atoms with Crippen LogP contribution < -0.4 is 10.6 Å². The Balaban J connectivity index is 1.82. The Hall–Kier alpha value is -2.47. The van der Waals surface area contributed by atoms with Crippen molar-refractivity contribution in [3.05, 3.63) is 53.6 Å². The third-order valence-corrected chi connectivity index (χ3v) is 6.32. The van der Waals surface area contributed by atoms with Crippen LogP contribution in [-0.2, 0) is 25.8 Å². The molecule has 5 nitrogen and oxygen atoms in total. The van der Waals surface area contributed by atoms with Crippen molar-refractivity contribution in [1.29, 1.82) is 0 Å². The second kappa shape index (κ2) is 7.27. The van der Waals surface area contributed by atoms with Gasteiger partial charge in [-0.25, -0.2) is 0 Å². The molecule has 2 amide bonds. The first kappa shape index (κ1) is 19.3. The van der Waals surface area contributed by atoms with Gasteiger partial charge in [0, 0.05) is 5.69 Å². The van der Waals surface area contributed by atoms with Gasteiger partial charge in [0.25, 0.3) is 0 Å². The minimum absolute atomic E-state index is 0.134. The highest BCUT2D eigenvalue weighted by Crippen LogP contribution is 2.33. The molecule has 2 aromatic rings. The maximum Gasteiger partial charge on any atom is 0.241 e. The molecule has 3 rings (SSSR count). The van der Waals surface area contributed by atoms with E-state index in [2.05, 4.69) is 31.4 Å². The van der Waals surface area contributed by atoms with E-state index in [1.165, 1.54) is 0 Å². The summed E-state index contributed by atoms with van der Waals surface area (Å²) in [6.45, 7) is 8.18. The van der Waals surface area contributed by atoms with Crippen molar-refractivity contribution in [2.24, 2.45) is 0 Å². The van der Waals surface area contributed by atoms with Gasteiger partial charge in [-0.15, -0.1) is 0 Å². The number of hydrogen-bond donors (Lipinski definition) is 2. The summed E-state index contributed by atoms with van der Waals surface area (Å²) in [5, 5.41) is 4.79. The maximum absolute atomic E-state index is 12.8. The quantitative estimate of drug-likeness (QED) is 0.846. The molecule has 0 spiro atoms. The van der Waals surface area contributed by atoms with Crippen molar-refractivity contribution in [2.75, 3.05) is 10.6 Å². The number of anilines is 2. The molecule has 0 fully saturated rings. The van der Waals surface area contributed by atoms with Crippen molar-refractivity contribution in [2.45, 2.75) is 49.7 Å². The number of para-hydroxylation sites is 2. The van der Waals surface area contributed by atoms with E-state index >= 15 is 0 Å². The van der Waals surface area contributed by atoms with Crippen LogP contribution in [0.3, 0.4) is 0 Å². The first-order chi connectivity index (χ1) is 12.7. The smallest absolute Gasteiger partial charge is 0.241 e. The summed E-state index contributed by atoms with van der Waals surface area (Å²) in [7, 11) is -1.56. The lowest BCUT2D eigenvalue weighted by Crippen LogP contribution is -2.39. The van der Waals surface area contributed by atoms with Gasteiger partial charge in [0.1, 0.15) is 5.25 Å². The van der Waals surface area contributed by atoms with Crippen molar-refractivity contribution >= 4 is 34.0 Å². The van der Waals surface area contributed by atoms with Crippen LogP contribution in [0.25, 0.3) is 0 Å². The van der Waals surface area contributed by atoms with Gasteiger partial charge in [-0.1, -0.05) is 51.1 Å². The molecule has 1 aliphatic heterocycles. The molecular formula is C21H24N2O3S. The molecular weight excluding hydrogens is 360 g/mol. The number of fused-ring (bicyclic) bond motifs is 1. The van der Waals surface area contributed by atoms with Gasteiger partial charge >= 0.3 is 0 Å². The van der Waals surface area contributed by atoms with Gasteiger partial charge in [0.05, 0.1) is 27.8 Å². The number of amides is 2. The van der Waals surface area contributed by atoms with Crippen LogP contribution in [0.4, 0.5) is 11.4 Å². The lowest BCUT2D eigenvalue weighted by atomic mass is 9.84. The molecule has 0 radical (unpaired) electrons. The largest absolute Gasteiger partial charge is 0.326 e. The molecule has 0 saturated heterocycles. The van der Waals surface area contributed by atoms with Crippen molar-refractivity contribution in [3.8, 4) is 0 Å². The SMILES string of the molecule is Cc1cccc(C(C)(C)C)c1NC(=O)C[C@H]1C(=O)Nc2ccccc2[S@]1=O. The Morgan fingerprint density at radius 3 is 2.56 bits per heavy atom. The topological polar surface area (TPSA) is 75.3 Å². The highest BCUT2D eigenvalue weighted by molar-refractivity contribution is 7.86. The molecule has 2 atom stereocenters. The maximum atomic E-state index is 12.8. The van der Waals surface area contributed by atoms with Crippen LogP contribution in [0.1, 0.15) is 38.3 Å². The number of hydrogen-bond acceptors (Lipinski definition) is 3. The Labute approximate surface area is 162 Å². The minimum Gasteiger partial charge on any atom is -0.326 e. The van der Waals surface area contributed by atoms with Gasteiger partial charge in [0.2, 0.25) is 11.8 Å². The number of rotatable bonds is 3. The summed E-state index contributed by atoms with van der Waals surface area (Å²) in [5.41, 5.74) is 3.15. The van der Waals surface area contributed by atoms with Gasteiger partial charge < -0.3 is 10.6 Å². The molecule has 0 bridgehead atoms. The van der Waals surface area contributed by atoms with Crippen LogP contribution in [0.15, 0.2) is 47.4 Å². The number of aryl methyl sites for hydroxylation is 1. The first-order valence-electron chi connectivity index (χ1n) is 8.89. The third kappa shape index (κ3) is 3.95. The summed E-state index contributed by atoms with van der Waals surface area (Å²) in [4.78, 5) is 25.6. The summed E-state index contributed by atoms with van der Waals surface area (Å²) in [6, 6.07) is 12.9. The molecule has 0 unspecified atom stereocenters. The second-order valence-electron chi connectivity index (χ2n) is 7.77. The summed E-state index contributed by atoms with van der Waals surface area (Å²) in [6.07, 6.45) is -0.134. The highest BCUT2D eigenvalue weighted by atomic mass is 32.2. The van der Waals surface area contributed by atoms with E-state index < -0.39 is 16.0 Å². The predicted octanol–water partition coefficient (Wildman–Crippen LogP) is 3.75. The van der Waals surface area contributed by atoms with E-state index in [1.807, 2.05) is 25.1 Å². The Morgan fingerprint density at radius 1 is 1.15 bits per heavy atom. The average Bonchev–Trinajstić information content (AvgIpc) is 2.59. The molecule has 27 heavy (non-hydrogen) atoms. The fraction of sp³-hybridized carbons (Fsp3) is 0.333. The summed E-state index contributed by atoms with van der Waals surface area (Å²) < 4.78 is 12.8. The molecule has 0 aliphatic carbocycles. The molecule has 0 saturated carbocycles. The third-order valence-electron chi connectivity index (χ3n) is 4.63. The van der Waals surface area contributed by atoms with Gasteiger partial charge in [-0.05, 0) is 35.6 Å². The minimum atomic E-state index is -1.56. The van der Waals surface area contributed by atoms with E-state index in [0.717, 1.165) is 16.8 Å². The Morgan fingerprint density at radius 2 is 1.85 bits per heavy atom. The predicted molar refractivity (Wildman–Crippen MR) is 108 cm³/mol. The van der Waals surface area contributed by atoms with Crippen LogP contribution in [0.2, 0.25) is 0 Å². The van der Waals surface area contributed by atoms with Crippen LogP contribution in [0.5, 0.6) is 0 Å². The van der Waals surface area contributed by atoms with E-state index in [-0.39, 0.29) is 23.7 Å². The van der Waals surface area contributed by atoms with Crippen LogP contribution >= 0.6 is 0 Å². The highest BCUT2D eigenvalue weighted by Gasteiger charge is 2.35. The number of benzene rings is 2. The first-order valence-corrected chi connectivity index (χ1v) is 10.1. The zero-order valence-electron chi connectivity index (χ0n) is 16.0. The van der Waals surface area contributed by atoms with E-state index in [0.29, 0.717) is 10.6 Å². The lowest BCUT2D eigenvalue weighted by Gasteiger charge is -2.26. The van der Waals surface area contributed by atoms with E-state index in [9.17, 15) is 13.8 Å². The Kier molecular flexibility index (Phi) is 5.20. The lowest BCUT2D eigenvalue weighted by molar-refractivity contribution is -0.120. The molecule has 1 heterocycles. The molecule has 1 aliphatic rings. The van der Waals surface area contributed by atoms with Gasteiger partial charge in [-0.3, -0.25) is 13.8 Å². The standard InChI is InChI=1S/C21H24N2O3S/c1-13-8-7-9-14(21(2,3)4)19(13)23-18(24)12-17-20(25)22-15-10-5-6-11-16(15)27(17)26/h5-11,17H,12H2,1-4H3,(H,22,25)(H,23,24)/t17-,27+/m0/s1. The molecule has 2 aromatic carbocycles.